The van der Waals surface area contributed by atoms with Crippen LogP contribution in [0.1, 0.15) is 15.9 Å². The molecule has 0 aliphatic rings. The second kappa shape index (κ2) is 9.46. The molecule has 0 radical (unpaired) electrons. The molecule has 0 fully saturated rings. The van der Waals surface area contributed by atoms with Gasteiger partial charge in [0, 0.05) is 11.3 Å². The minimum Gasteiger partial charge on any atom is -0.497 e. The van der Waals surface area contributed by atoms with Crippen LogP contribution >= 0.6 is 47.0 Å². The zero-order chi connectivity index (χ0) is 20.0. The number of carbonyl (C=O) groups is 1. The van der Waals surface area contributed by atoms with Crippen LogP contribution in [0.3, 0.4) is 0 Å². The number of carbonyl (C=O) groups excluding carboxylic acids is 1. The monoisotopic (exact) mass is 445 g/mol. The Bertz CT molecular complexity index is 810. The molecule has 0 heterocycles. The van der Waals surface area contributed by atoms with Crippen LogP contribution in [0.15, 0.2) is 48.5 Å². The summed E-state index contributed by atoms with van der Waals surface area (Å²) in [6, 6.07) is 14.2. The van der Waals surface area contributed by atoms with Gasteiger partial charge in [-0.1, -0.05) is 58.6 Å². The summed E-state index contributed by atoms with van der Waals surface area (Å²) in [6.45, 7) is 1.98. The van der Waals surface area contributed by atoms with Gasteiger partial charge in [0.15, 0.2) is 5.11 Å². The van der Waals surface area contributed by atoms with Crippen molar-refractivity contribution in [2.24, 2.45) is 0 Å². The van der Waals surface area contributed by atoms with E-state index in [0.29, 0.717) is 11.3 Å². The number of thiocarbonyl (C=S) groups is 1. The predicted molar refractivity (Wildman–Crippen MR) is 115 cm³/mol. The van der Waals surface area contributed by atoms with Gasteiger partial charge in [-0.15, -0.1) is 0 Å². The van der Waals surface area contributed by atoms with Gasteiger partial charge in [-0.3, -0.25) is 4.79 Å². The van der Waals surface area contributed by atoms with Gasteiger partial charge in [-0.05, 0) is 49.5 Å². The molecular weight excluding hydrogens is 429 g/mol. The highest BCUT2D eigenvalue weighted by atomic mass is 35.6. The van der Waals surface area contributed by atoms with Gasteiger partial charge >= 0.3 is 0 Å². The third-order valence-electron chi connectivity index (χ3n) is 3.52. The number of hydrogen-bond donors (Lipinski definition) is 3. The lowest BCUT2D eigenvalue weighted by molar-refractivity contribution is 0.0934. The topological polar surface area (TPSA) is 62.4 Å². The Morgan fingerprint density at radius 3 is 2.37 bits per heavy atom. The van der Waals surface area contributed by atoms with E-state index in [1.807, 2.05) is 31.2 Å². The van der Waals surface area contributed by atoms with Gasteiger partial charge in [0.1, 0.15) is 11.9 Å². The maximum absolute atomic E-state index is 12.5. The molecule has 9 heteroatoms. The molecule has 5 nitrogen and oxygen atoms in total. The molecule has 0 saturated carbocycles. The Labute approximate surface area is 178 Å². The van der Waals surface area contributed by atoms with E-state index in [-0.39, 0.29) is 5.11 Å². The molecule has 1 amide bonds. The van der Waals surface area contributed by atoms with E-state index >= 15 is 0 Å². The Balaban J connectivity index is 2.07. The largest absolute Gasteiger partial charge is 0.497 e. The van der Waals surface area contributed by atoms with Crippen molar-refractivity contribution in [2.45, 2.75) is 16.9 Å². The third kappa shape index (κ3) is 6.74. The maximum Gasteiger partial charge on any atom is 0.253 e. The van der Waals surface area contributed by atoms with Crippen molar-refractivity contribution in [1.82, 2.24) is 10.6 Å². The number of amides is 1. The zero-order valence-electron chi connectivity index (χ0n) is 14.6. The minimum absolute atomic E-state index is 0.195. The molecule has 0 aliphatic heterocycles. The summed E-state index contributed by atoms with van der Waals surface area (Å²) in [5.41, 5.74) is 2.23. The minimum atomic E-state index is -1.84. The van der Waals surface area contributed by atoms with Crippen LogP contribution < -0.4 is 20.7 Å². The summed E-state index contributed by atoms with van der Waals surface area (Å²) < 4.78 is 3.27. The molecule has 0 spiro atoms. The second-order valence-electron chi connectivity index (χ2n) is 5.64. The number of rotatable bonds is 5. The molecule has 0 bridgehead atoms. The molecule has 3 N–H and O–H groups in total. The molecule has 0 unspecified atom stereocenters. The van der Waals surface area contributed by atoms with Crippen LogP contribution in [-0.4, -0.2) is 28.1 Å². The average molecular weight is 447 g/mol. The van der Waals surface area contributed by atoms with Gasteiger partial charge < -0.3 is 20.7 Å². The highest BCUT2D eigenvalue weighted by molar-refractivity contribution is 7.80. The smallest absolute Gasteiger partial charge is 0.253 e. The second-order valence-corrected chi connectivity index (χ2v) is 8.42. The summed E-state index contributed by atoms with van der Waals surface area (Å²) in [6.07, 6.45) is -1.06. The molecule has 2 rings (SSSR count). The number of halogens is 3. The summed E-state index contributed by atoms with van der Waals surface area (Å²) in [7, 11) is 1.51. The van der Waals surface area contributed by atoms with Crippen LogP contribution in [0.4, 0.5) is 5.69 Å². The van der Waals surface area contributed by atoms with Crippen LogP contribution in [-0.2, 0) is 0 Å². The Hall–Kier alpha value is -1.73. The van der Waals surface area contributed by atoms with Crippen molar-refractivity contribution < 1.29 is 9.53 Å². The molecule has 144 valence electrons. The third-order valence-corrected chi connectivity index (χ3v) is 4.39. The van der Waals surface area contributed by atoms with E-state index < -0.39 is 15.9 Å². The number of anilines is 1. The first-order chi connectivity index (χ1) is 12.7. The number of ether oxygens (including phenoxy) is 1. The molecule has 2 aromatic rings. The standard InChI is InChI=1S/C18H18Cl3N3O2S/c1-11-6-8-13(9-7-11)22-17(27)24-16(18(19,20)21)23-15(25)12-4-3-5-14(10-12)26-2/h3-10,16H,1-2H3,(H,23,25)(H2,22,24,27)/t16-/m0/s1. The molecule has 0 aromatic heterocycles. The molecule has 0 saturated heterocycles. The zero-order valence-corrected chi connectivity index (χ0v) is 17.6. The van der Waals surface area contributed by atoms with Gasteiger partial charge in [0.05, 0.1) is 7.11 Å². The normalized spacial score (nSPS) is 12.0. The first kappa shape index (κ1) is 21.6. The van der Waals surface area contributed by atoms with E-state index in [0.717, 1.165) is 11.3 Å². The fourth-order valence-electron chi connectivity index (χ4n) is 2.11. The summed E-state index contributed by atoms with van der Waals surface area (Å²) in [5.74, 6) is 0.0912. The van der Waals surface area contributed by atoms with Gasteiger partial charge in [-0.2, -0.15) is 0 Å². The molecule has 27 heavy (non-hydrogen) atoms. The number of hydrogen-bond acceptors (Lipinski definition) is 3. The molecule has 2 aromatic carbocycles. The summed E-state index contributed by atoms with van der Waals surface area (Å²) >= 11 is 23.2. The van der Waals surface area contributed by atoms with Crippen molar-refractivity contribution in [1.29, 1.82) is 0 Å². The Kier molecular flexibility index (Phi) is 7.56. The fraction of sp³-hybridized carbons (Fsp3) is 0.222. The summed E-state index contributed by atoms with van der Waals surface area (Å²) in [5, 5.41) is 8.60. The highest BCUT2D eigenvalue weighted by Crippen LogP contribution is 2.29. The number of aryl methyl sites for hydroxylation is 1. The Morgan fingerprint density at radius 2 is 1.78 bits per heavy atom. The molecular formula is C18H18Cl3N3O2S. The van der Waals surface area contributed by atoms with Crippen molar-refractivity contribution >= 4 is 63.7 Å². The molecule has 1 atom stereocenters. The van der Waals surface area contributed by atoms with Crippen molar-refractivity contribution in [3.8, 4) is 5.75 Å². The quantitative estimate of drug-likeness (QED) is 0.361. The van der Waals surface area contributed by atoms with Crippen LogP contribution in [0.25, 0.3) is 0 Å². The van der Waals surface area contributed by atoms with Crippen molar-refractivity contribution in [3.63, 3.8) is 0 Å². The van der Waals surface area contributed by atoms with Gasteiger partial charge in [0.2, 0.25) is 3.79 Å². The fourth-order valence-corrected chi connectivity index (χ4v) is 2.68. The van der Waals surface area contributed by atoms with Crippen molar-refractivity contribution in [3.05, 3.63) is 59.7 Å². The van der Waals surface area contributed by atoms with Gasteiger partial charge in [0.25, 0.3) is 5.91 Å². The van der Waals surface area contributed by atoms with E-state index in [1.54, 1.807) is 24.3 Å². The lowest BCUT2D eigenvalue weighted by atomic mass is 10.2. The van der Waals surface area contributed by atoms with Crippen LogP contribution in [0.2, 0.25) is 0 Å². The lowest BCUT2D eigenvalue weighted by Crippen LogP contribution is -2.56. The van der Waals surface area contributed by atoms with Crippen LogP contribution in [0.5, 0.6) is 5.75 Å². The van der Waals surface area contributed by atoms with E-state index in [9.17, 15) is 4.79 Å². The van der Waals surface area contributed by atoms with Gasteiger partial charge in [-0.25, -0.2) is 0 Å². The molecule has 0 aliphatic carbocycles. The highest BCUT2D eigenvalue weighted by Gasteiger charge is 2.35. The van der Waals surface area contributed by atoms with Crippen molar-refractivity contribution in [2.75, 3.05) is 12.4 Å². The first-order valence-corrected chi connectivity index (χ1v) is 9.39. The SMILES string of the molecule is COc1cccc(C(=O)N[C@@H](NC(=S)Nc2ccc(C)cc2)C(Cl)(Cl)Cl)c1. The van der Waals surface area contributed by atoms with E-state index in [4.69, 9.17) is 51.8 Å². The number of alkyl halides is 3. The number of methoxy groups -OCH3 is 1. The van der Waals surface area contributed by atoms with Crippen LogP contribution in [0, 0.1) is 6.92 Å². The first-order valence-electron chi connectivity index (χ1n) is 7.85. The number of nitrogens with one attached hydrogen (secondary N) is 3. The van der Waals surface area contributed by atoms with E-state index in [2.05, 4.69) is 16.0 Å². The average Bonchev–Trinajstić information content (AvgIpc) is 2.62. The van der Waals surface area contributed by atoms with E-state index in [1.165, 1.54) is 7.11 Å². The lowest BCUT2D eigenvalue weighted by Gasteiger charge is -2.27. The number of benzene rings is 2. The Morgan fingerprint density at radius 1 is 1.11 bits per heavy atom. The maximum atomic E-state index is 12.5. The predicted octanol–water partition coefficient (Wildman–Crippen LogP) is 4.42. The summed E-state index contributed by atoms with van der Waals surface area (Å²) in [4.78, 5) is 12.5.